The van der Waals surface area contributed by atoms with Crippen LogP contribution in [0.25, 0.3) is 5.70 Å². The fraction of sp³-hybridized carbons (Fsp3) is 0.286. The van der Waals surface area contributed by atoms with Gasteiger partial charge in [-0.1, -0.05) is 41.9 Å². The Morgan fingerprint density at radius 2 is 1.89 bits per heavy atom. The van der Waals surface area contributed by atoms with Crippen LogP contribution in [0.15, 0.2) is 36.4 Å². The third kappa shape index (κ3) is 2.96. The first-order chi connectivity index (χ1) is 8.91. The summed E-state index contributed by atoms with van der Waals surface area (Å²) in [6.07, 6.45) is 1.60. The molecule has 100 valence electrons. The molecule has 5 heteroatoms. The van der Waals surface area contributed by atoms with E-state index >= 15 is 0 Å². The summed E-state index contributed by atoms with van der Waals surface area (Å²) in [5, 5.41) is -1.29. The number of carbonyl (C=O) groups is 2. The number of benzene rings is 1. The monoisotopic (exact) mass is 279 g/mol. The van der Waals surface area contributed by atoms with Gasteiger partial charge < -0.3 is 9.64 Å². The van der Waals surface area contributed by atoms with Gasteiger partial charge in [-0.3, -0.25) is 9.59 Å². The van der Waals surface area contributed by atoms with E-state index in [1.807, 2.05) is 30.3 Å². The molecule has 1 aliphatic heterocycles. The van der Waals surface area contributed by atoms with Crippen molar-refractivity contribution < 1.29 is 14.3 Å². The number of amides is 1. The molecule has 0 aliphatic carbocycles. The van der Waals surface area contributed by atoms with E-state index in [1.165, 1.54) is 18.7 Å². The minimum absolute atomic E-state index is 0.119. The van der Waals surface area contributed by atoms with Crippen molar-refractivity contribution in [2.45, 2.75) is 18.9 Å². The van der Waals surface area contributed by atoms with E-state index in [9.17, 15) is 9.59 Å². The second-order valence-electron chi connectivity index (χ2n) is 4.38. The van der Waals surface area contributed by atoms with E-state index in [1.54, 1.807) is 6.08 Å². The van der Waals surface area contributed by atoms with Crippen molar-refractivity contribution in [3.05, 3.63) is 42.0 Å². The normalized spacial score (nSPS) is 22.1. The summed E-state index contributed by atoms with van der Waals surface area (Å²) in [6, 6.07) is 9.37. The zero-order valence-corrected chi connectivity index (χ0v) is 11.5. The molecule has 0 bridgehead atoms. The van der Waals surface area contributed by atoms with E-state index < -0.39 is 11.0 Å². The Morgan fingerprint density at radius 3 is 2.42 bits per heavy atom. The summed E-state index contributed by atoms with van der Waals surface area (Å²) in [7, 11) is 0. The van der Waals surface area contributed by atoms with Gasteiger partial charge in [0.25, 0.3) is 0 Å². The maximum absolute atomic E-state index is 11.7. The number of hydrogen-bond acceptors (Lipinski definition) is 3. The van der Waals surface area contributed by atoms with E-state index in [0.717, 1.165) is 5.56 Å². The highest BCUT2D eigenvalue weighted by molar-refractivity contribution is 6.26. The lowest BCUT2D eigenvalue weighted by atomic mass is 10.1. The van der Waals surface area contributed by atoms with Crippen molar-refractivity contribution in [1.29, 1.82) is 0 Å². The lowest BCUT2D eigenvalue weighted by molar-refractivity contribution is -0.147. The molecule has 0 radical (unpaired) electrons. The number of esters is 1. The Kier molecular flexibility index (Phi) is 3.62. The number of hydrogen-bond donors (Lipinski definition) is 0. The van der Waals surface area contributed by atoms with Crippen molar-refractivity contribution in [2.75, 3.05) is 6.54 Å². The third-order valence-electron chi connectivity index (χ3n) is 2.78. The van der Waals surface area contributed by atoms with Crippen LogP contribution in [0.3, 0.4) is 0 Å². The van der Waals surface area contributed by atoms with Crippen molar-refractivity contribution >= 4 is 29.2 Å². The summed E-state index contributed by atoms with van der Waals surface area (Å²) in [5.74, 6) is -0.631. The molecule has 0 saturated heterocycles. The van der Waals surface area contributed by atoms with Gasteiger partial charge in [-0.15, -0.1) is 0 Å². The molecule has 0 aromatic heterocycles. The van der Waals surface area contributed by atoms with Gasteiger partial charge in [0.2, 0.25) is 11.0 Å². The molecule has 4 nitrogen and oxygen atoms in total. The lowest BCUT2D eigenvalue weighted by Gasteiger charge is -2.22. The van der Waals surface area contributed by atoms with Gasteiger partial charge in [0.1, 0.15) is 0 Å². The quantitative estimate of drug-likeness (QED) is 0.617. The van der Waals surface area contributed by atoms with Crippen LogP contribution in [0.5, 0.6) is 0 Å². The molecular formula is C14H14ClNO3. The van der Waals surface area contributed by atoms with E-state index in [4.69, 9.17) is 16.3 Å². The molecule has 19 heavy (non-hydrogen) atoms. The SMILES string of the molecule is CC(=O)OC1(Cl)C=C(c2ccccc2)N(C(C)=O)C1. The Hall–Kier alpha value is -1.81. The largest absolute Gasteiger partial charge is 0.437 e. The van der Waals surface area contributed by atoms with Crippen molar-refractivity contribution in [2.24, 2.45) is 0 Å². The standard InChI is InChI=1S/C14H14ClNO3/c1-10(17)16-9-14(15,19-11(2)18)8-13(16)12-6-4-3-5-7-12/h3-8H,9H2,1-2H3. The Labute approximate surface area is 116 Å². The summed E-state index contributed by atoms with van der Waals surface area (Å²) in [5.41, 5.74) is 1.51. The molecule has 1 unspecified atom stereocenters. The highest BCUT2D eigenvalue weighted by atomic mass is 35.5. The Balaban J connectivity index is 2.39. The minimum atomic E-state index is -1.29. The first kappa shape index (κ1) is 13.6. The molecule has 1 aromatic rings. The number of rotatable bonds is 2. The molecule has 0 spiro atoms. The number of ether oxygens (including phenoxy) is 1. The van der Waals surface area contributed by atoms with E-state index in [-0.39, 0.29) is 12.5 Å². The van der Waals surface area contributed by atoms with Gasteiger partial charge >= 0.3 is 5.97 Å². The van der Waals surface area contributed by atoms with Crippen LogP contribution in [0.1, 0.15) is 19.4 Å². The zero-order chi connectivity index (χ0) is 14.0. The predicted octanol–water partition coefficient (Wildman–Crippen LogP) is 2.39. The molecule has 1 atom stereocenters. The number of nitrogens with zero attached hydrogens (tertiary/aromatic N) is 1. The van der Waals surface area contributed by atoms with Gasteiger partial charge in [0.05, 0.1) is 12.2 Å². The van der Waals surface area contributed by atoms with Crippen molar-refractivity contribution in [3.8, 4) is 0 Å². The zero-order valence-electron chi connectivity index (χ0n) is 10.7. The number of alkyl halides is 1. The summed E-state index contributed by atoms with van der Waals surface area (Å²) >= 11 is 6.24. The maximum atomic E-state index is 11.7. The molecule has 1 amide bonds. The highest BCUT2D eigenvalue weighted by Crippen LogP contribution is 2.36. The fourth-order valence-corrected chi connectivity index (χ4v) is 2.39. The van der Waals surface area contributed by atoms with E-state index in [2.05, 4.69) is 0 Å². The van der Waals surface area contributed by atoms with Crippen molar-refractivity contribution in [3.63, 3.8) is 0 Å². The van der Waals surface area contributed by atoms with Crippen molar-refractivity contribution in [1.82, 2.24) is 4.90 Å². The van der Waals surface area contributed by atoms with Crippen LogP contribution >= 0.6 is 11.6 Å². The third-order valence-corrected chi connectivity index (χ3v) is 3.09. The molecule has 1 aromatic carbocycles. The molecular weight excluding hydrogens is 266 g/mol. The van der Waals surface area contributed by atoms with Crippen LogP contribution < -0.4 is 0 Å². The van der Waals surface area contributed by atoms with Crippen LogP contribution in [0, 0.1) is 0 Å². The van der Waals surface area contributed by atoms with Crippen LogP contribution in [0.2, 0.25) is 0 Å². The van der Waals surface area contributed by atoms with Gasteiger partial charge in [-0.2, -0.15) is 0 Å². The molecule has 1 aliphatic rings. The topological polar surface area (TPSA) is 46.6 Å². The first-order valence-corrected chi connectivity index (χ1v) is 6.24. The molecule has 0 N–H and O–H groups in total. The average Bonchev–Trinajstić information content (AvgIpc) is 2.67. The van der Waals surface area contributed by atoms with Crippen LogP contribution in [-0.4, -0.2) is 28.4 Å². The van der Waals surface area contributed by atoms with Gasteiger partial charge in [-0.25, -0.2) is 0 Å². The minimum Gasteiger partial charge on any atom is -0.437 e. The van der Waals surface area contributed by atoms with Gasteiger partial charge in [0, 0.05) is 19.9 Å². The second kappa shape index (κ2) is 5.05. The summed E-state index contributed by atoms with van der Waals surface area (Å²) in [4.78, 5) is 24.3. The van der Waals surface area contributed by atoms with Gasteiger partial charge in [-0.05, 0) is 5.56 Å². The Bertz CT molecular complexity index is 541. The van der Waals surface area contributed by atoms with Gasteiger partial charge in [0.15, 0.2) is 0 Å². The molecule has 0 saturated carbocycles. The molecule has 2 rings (SSSR count). The predicted molar refractivity (Wildman–Crippen MR) is 72.2 cm³/mol. The van der Waals surface area contributed by atoms with Crippen LogP contribution in [0.4, 0.5) is 0 Å². The highest BCUT2D eigenvalue weighted by Gasteiger charge is 2.40. The average molecular weight is 280 g/mol. The maximum Gasteiger partial charge on any atom is 0.304 e. The molecule has 0 fully saturated rings. The Morgan fingerprint density at radius 1 is 1.26 bits per heavy atom. The summed E-state index contributed by atoms with van der Waals surface area (Å²) < 4.78 is 5.09. The first-order valence-electron chi connectivity index (χ1n) is 5.86. The summed E-state index contributed by atoms with van der Waals surface area (Å²) in [6.45, 7) is 2.86. The number of halogens is 1. The smallest absolute Gasteiger partial charge is 0.304 e. The second-order valence-corrected chi connectivity index (χ2v) is 5.02. The number of carbonyl (C=O) groups excluding carboxylic acids is 2. The molecule has 1 heterocycles. The fourth-order valence-electron chi connectivity index (χ4n) is 2.06. The lowest BCUT2D eigenvalue weighted by Crippen LogP contribution is -2.35. The van der Waals surface area contributed by atoms with E-state index in [0.29, 0.717) is 5.70 Å². The van der Waals surface area contributed by atoms with Crippen LogP contribution in [-0.2, 0) is 14.3 Å².